The van der Waals surface area contributed by atoms with Crippen molar-refractivity contribution in [1.29, 1.82) is 0 Å². The highest BCUT2D eigenvalue weighted by atomic mass is 32.1. The lowest BCUT2D eigenvalue weighted by atomic mass is 9.96. The summed E-state index contributed by atoms with van der Waals surface area (Å²) in [4.78, 5) is 15.6. The summed E-state index contributed by atoms with van der Waals surface area (Å²) in [6.45, 7) is 9.49. The first-order chi connectivity index (χ1) is 8.71. The fourth-order valence-corrected chi connectivity index (χ4v) is 2.61. The number of aromatic carboxylic acids is 1. The summed E-state index contributed by atoms with van der Waals surface area (Å²) < 4.78 is 5.86. The maximum absolute atomic E-state index is 11.2. The van der Waals surface area contributed by atoms with Gasteiger partial charge in [-0.1, -0.05) is 20.8 Å². The topological polar surface area (TPSA) is 80.9 Å². The monoisotopic (exact) mass is 280 g/mol. The van der Waals surface area contributed by atoms with E-state index in [4.69, 9.17) is 5.11 Å². The minimum absolute atomic E-state index is 0.138. The van der Waals surface area contributed by atoms with E-state index in [1.165, 1.54) is 11.5 Å². The number of carbonyl (C=O) groups is 1. The third-order valence-electron chi connectivity index (χ3n) is 2.77. The number of carboxylic acid groups (broad SMARTS) is 1. The van der Waals surface area contributed by atoms with Crippen LogP contribution in [0.3, 0.4) is 0 Å². The Labute approximate surface area is 115 Å². The summed E-state index contributed by atoms with van der Waals surface area (Å²) in [7, 11) is 0. The lowest BCUT2D eigenvalue weighted by Crippen LogP contribution is -2.13. The number of hydrogen-bond acceptors (Lipinski definition) is 5. The molecular weight excluding hydrogens is 264 g/mol. The van der Waals surface area contributed by atoms with Crippen LogP contribution in [0.4, 0.5) is 0 Å². The van der Waals surface area contributed by atoms with Gasteiger partial charge in [-0.15, -0.1) is 0 Å². The average molecular weight is 280 g/mol. The summed E-state index contributed by atoms with van der Waals surface area (Å²) in [5.41, 5.74) is 1.15. The summed E-state index contributed by atoms with van der Waals surface area (Å²) in [5.74, 6) is -0.237. The van der Waals surface area contributed by atoms with Gasteiger partial charge in [-0.25, -0.2) is 14.5 Å². The summed E-state index contributed by atoms with van der Waals surface area (Å²) in [6.07, 6.45) is 0. The van der Waals surface area contributed by atoms with Crippen LogP contribution in [0.5, 0.6) is 0 Å². The minimum atomic E-state index is -0.971. The quantitative estimate of drug-likeness (QED) is 0.913. The largest absolute Gasteiger partial charge is 0.478 e. The van der Waals surface area contributed by atoms with E-state index in [0.717, 1.165) is 5.82 Å². The molecule has 0 bridgehead atoms. The van der Waals surface area contributed by atoms with Gasteiger partial charge >= 0.3 is 5.97 Å². The van der Waals surface area contributed by atoms with Crippen molar-refractivity contribution >= 4 is 17.5 Å². The van der Waals surface area contributed by atoms with Gasteiger partial charge < -0.3 is 5.11 Å². The molecule has 0 aromatic carbocycles. The van der Waals surface area contributed by atoms with Crippen molar-refractivity contribution in [2.75, 3.05) is 0 Å². The molecule has 0 saturated carbocycles. The molecule has 1 N–H and O–H groups in total. The molecule has 0 atom stereocenters. The average Bonchev–Trinajstić information content (AvgIpc) is 2.82. The Hall–Kier alpha value is -1.76. The van der Waals surface area contributed by atoms with E-state index < -0.39 is 5.97 Å². The Morgan fingerprint density at radius 3 is 2.37 bits per heavy atom. The fraction of sp³-hybridized carbons (Fsp3) is 0.500. The maximum atomic E-state index is 11.2. The number of rotatable bonds is 2. The van der Waals surface area contributed by atoms with Crippen molar-refractivity contribution < 1.29 is 9.90 Å². The zero-order valence-electron chi connectivity index (χ0n) is 11.6. The molecule has 2 rings (SSSR count). The van der Waals surface area contributed by atoms with Crippen LogP contribution in [0, 0.1) is 13.8 Å². The molecule has 0 aliphatic carbocycles. The molecule has 7 heteroatoms. The van der Waals surface area contributed by atoms with Gasteiger partial charge in [-0.2, -0.15) is 9.47 Å². The van der Waals surface area contributed by atoms with Crippen molar-refractivity contribution in [3.05, 3.63) is 22.8 Å². The number of aryl methyl sites for hydroxylation is 1. The molecule has 2 aromatic heterocycles. The normalized spacial score (nSPS) is 11.8. The molecule has 0 saturated heterocycles. The predicted molar refractivity (Wildman–Crippen MR) is 72.2 cm³/mol. The molecule has 0 aliphatic rings. The third-order valence-corrected chi connectivity index (χ3v) is 3.46. The van der Waals surface area contributed by atoms with E-state index >= 15 is 0 Å². The number of nitrogens with zero attached hydrogens (tertiary/aromatic N) is 4. The molecule has 6 nitrogen and oxygen atoms in total. The van der Waals surface area contributed by atoms with E-state index in [9.17, 15) is 4.79 Å². The highest BCUT2D eigenvalue weighted by molar-refractivity contribution is 7.08. The zero-order chi connectivity index (χ0) is 14.4. The lowest BCUT2D eigenvalue weighted by Gasteiger charge is -2.12. The number of aromatic nitrogens is 4. The van der Waals surface area contributed by atoms with Crippen LogP contribution in [0.25, 0.3) is 5.13 Å². The zero-order valence-corrected chi connectivity index (χ0v) is 12.4. The molecule has 0 amide bonds. The van der Waals surface area contributed by atoms with Crippen molar-refractivity contribution in [2.45, 2.75) is 40.0 Å². The van der Waals surface area contributed by atoms with Crippen molar-refractivity contribution in [3.63, 3.8) is 0 Å². The van der Waals surface area contributed by atoms with Gasteiger partial charge in [-0.3, -0.25) is 0 Å². The Morgan fingerprint density at radius 2 is 1.95 bits per heavy atom. The second kappa shape index (κ2) is 4.41. The molecule has 2 aromatic rings. The van der Waals surface area contributed by atoms with E-state index in [0.29, 0.717) is 16.5 Å². The van der Waals surface area contributed by atoms with Crippen LogP contribution < -0.4 is 0 Å². The van der Waals surface area contributed by atoms with Crippen LogP contribution in [0.2, 0.25) is 0 Å². The molecule has 19 heavy (non-hydrogen) atoms. The van der Waals surface area contributed by atoms with Gasteiger partial charge in [0.2, 0.25) is 5.13 Å². The lowest BCUT2D eigenvalue weighted by molar-refractivity contribution is 0.0695. The summed E-state index contributed by atoms with van der Waals surface area (Å²) in [6, 6.07) is 0. The van der Waals surface area contributed by atoms with E-state index in [1.807, 2.05) is 20.8 Å². The van der Waals surface area contributed by atoms with E-state index in [-0.39, 0.29) is 11.0 Å². The number of hydrogen-bond donors (Lipinski definition) is 1. The second-order valence-electron chi connectivity index (χ2n) is 5.41. The maximum Gasteiger partial charge on any atom is 0.339 e. The molecule has 0 aliphatic heterocycles. The molecule has 0 fully saturated rings. The van der Waals surface area contributed by atoms with Gasteiger partial charge in [0.15, 0.2) is 0 Å². The van der Waals surface area contributed by atoms with E-state index in [2.05, 4.69) is 14.5 Å². The molecule has 102 valence electrons. The standard InChI is InChI=1S/C12H16N4O2S/c1-6-8(9(17)18)7(2)16(14-6)11-13-10(15-19-11)12(3,4)5/h1-5H3,(H,17,18). The van der Waals surface area contributed by atoms with Crippen LogP contribution in [0.15, 0.2) is 0 Å². The van der Waals surface area contributed by atoms with Gasteiger partial charge in [-0.05, 0) is 13.8 Å². The first-order valence-electron chi connectivity index (χ1n) is 5.86. The van der Waals surface area contributed by atoms with Crippen molar-refractivity contribution in [1.82, 2.24) is 19.1 Å². The smallest absolute Gasteiger partial charge is 0.339 e. The predicted octanol–water partition coefficient (Wildman–Crippen LogP) is 2.34. The fourth-order valence-electron chi connectivity index (χ4n) is 1.74. The van der Waals surface area contributed by atoms with Crippen LogP contribution in [-0.2, 0) is 5.41 Å². The molecule has 0 radical (unpaired) electrons. The highest BCUT2D eigenvalue weighted by Gasteiger charge is 2.23. The third kappa shape index (κ3) is 2.37. The Morgan fingerprint density at radius 1 is 1.32 bits per heavy atom. The molecule has 2 heterocycles. The first kappa shape index (κ1) is 13.7. The first-order valence-corrected chi connectivity index (χ1v) is 6.63. The van der Waals surface area contributed by atoms with Gasteiger partial charge in [0.05, 0.1) is 11.4 Å². The van der Waals surface area contributed by atoms with E-state index in [1.54, 1.807) is 18.5 Å². The van der Waals surface area contributed by atoms with Gasteiger partial charge in [0.1, 0.15) is 11.4 Å². The molecule has 0 spiro atoms. The Kier molecular flexibility index (Phi) is 3.17. The van der Waals surface area contributed by atoms with Crippen LogP contribution in [0.1, 0.15) is 48.3 Å². The SMILES string of the molecule is Cc1nn(-c2nc(C(C)(C)C)ns2)c(C)c1C(=O)O. The van der Waals surface area contributed by atoms with Crippen LogP contribution in [-0.4, -0.2) is 30.2 Å². The summed E-state index contributed by atoms with van der Waals surface area (Å²) in [5, 5.41) is 14.0. The number of carboxylic acids is 1. The second-order valence-corrected chi connectivity index (χ2v) is 6.14. The summed E-state index contributed by atoms with van der Waals surface area (Å²) >= 11 is 1.22. The minimum Gasteiger partial charge on any atom is -0.478 e. The van der Waals surface area contributed by atoms with Crippen molar-refractivity contribution in [2.24, 2.45) is 0 Å². The Bertz CT molecular complexity index is 637. The van der Waals surface area contributed by atoms with Crippen molar-refractivity contribution in [3.8, 4) is 5.13 Å². The highest BCUT2D eigenvalue weighted by Crippen LogP contribution is 2.24. The molecular formula is C12H16N4O2S. The van der Waals surface area contributed by atoms with Gasteiger partial charge in [0.25, 0.3) is 0 Å². The molecule has 0 unspecified atom stereocenters. The van der Waals surface area contributed by atoms with Crippen LogP contribution >= 0.6 is 11.5 Å². The van der Waals surface area contributed by atoms with Gasteiger partial charge in [0, 0.05) is 16.9 Å². The Balaban J connectivity index is 2.52.